The van der Waals surface area contributed by atoms with Crippen LogP contribution in [0.3, 0.4) is 0 Å². The molecule has 0 bridgehead atoms. The fourth-order valence-corrected chi connectivity index (χ4v) is 3.69. The Morgan fingerprint density at radius 3 is 2.77 bits per heavy atom. The molecule has 0 aliphatic rings. The van der Waals surface area contributed by atoms with Gasteiger partial charge in [-0.1, -0.05) is 18.2 Å². The number of halogens is 1. The van der Waals surface area contributed by atoms with Crippen molar-refractivity contribution >= 4 is 33.3 Å². The number of carbonyl (C=O) groups excluding carboxylic acids is 1. The molecule has 1 N–H and O–H groups in total. The van der Waals surface area contributed by atoms with E-state index in [1.54, 1.807) is 48.3 Å². The van der Waals surface area contributed by atoms with Gasteiger partial charge in [-0.2, -0.15) is 5.10 Å². The predicted molar refractivity (Wildman–Crippen MR) is 101 cm³/mol. The van der Waals surface area contributed by atoms with Gasteiger partial charge in [0, 0.05) is 24.2 Å². The lowest BCUT2D eigenvalue weighted by Gasteiger charge is -2.02. The predicted octanol–water partition coefficient (Wildman–Crippen LogP) is 4.40. The third-order valence-corrected chi connectivity index (χ3v) is 5.22. The Balaban J connectivity index is 1.72. The molecule has 0 saturated heterocycles. The van der Waals surface area contributed by atoms with Crippen LogP contribution in [0, 0.1) is 12.7 Å². The molecule has 0 aliphatic carbocycles. The van der Waals surface area contributed by atoms with Crippen LogP contribution < -0.4 is 5.32 Å². The van der Waals surface area contributed by atoms with Crippen LogP contribution in [0.5, 0.6) is 0 Å². The Morgan fingerprint density at radius 1 is 1.23 bits per heavy atom. The van der Waals surface area contributed by atoms with Crippen molar-refractivity contribution in [1.29, 1.82) is 0 Å². The first-order chi connectivity index (χ1) is 12.5. The second-order valence-electron chi connectivity index (χ2n) is 5.96. The Labute approximate surface area is 153 Å². The summed E-state index contributed by atoms with van der Waals surface area (Å²) in [6.07, 6.45) is 1.70. The molecule has 0 spiro atoms. The van der Waals surface area contributed by atoms with E-state index in [-0.39, 0.29) is 11.7 Å². The van der Waals surface area contributed by atoms with Gasteiger partial charge >= 0.3 is 0 Å². The maximum Gasteiger partial charge on any atom is 0.266 e. The van der Waals surface area contributed by atoms with Crippen LogP contribution in [0.2, 0.25) is 0 Å². The van der Waals surface area contributed by atoms with Crippen molar-refractivity contribution in [2.45, 2.75) is 6.92 Å². The first-order valence-electron chi connectivity index (χ1n) is 7.98. The number of carbonyl (C=O) groups is 1. The topological polar surface area (TPSA) is 59.8 Å². The third-order valence-electron chi connectivity index (χ3n) is 4.02. The van der Waals surface area contributed by atoms with Crippen LogP contribution in [0.4, 0.5) is 10.2 Å². The molecule has 0 unspecified atom stereocenters. The van der Waals surface area contributed by atoms with Crippen molar-refractivity contribution in [3.63, 3.8) is 0 Å². The summed E-state index contributed by atoms with van der Waals surface area (Å²) >= 11 is 1.31. The van der Waals surface area contributed by atoms with E-state index in [2.05, 4.69) is 15.4 Å². The average Bonchev–Trinajstić information content (AvgIpc) is 3.19. The molecule has 7 heteroatoms. The number of amides is 1. The first-order valence-corrected chi connectivity index (χ1v) is 8.80. The lowest BCUT2D eigenvalue weighted by atomic mass is 10.1. The van der Waals surface area contributed by atoms with Gasteiger partial charge in [0.2, 0.25) is 0 Å². The number of pyridine rings is 1. The van der Waals surface area contributed by atoms with Crippen molar-refractivity contribution in [2.75, 3.05) is 5.32 Å². The molecule has 4 rings (SSSR count). The van der Waals surface area contributed by atoms with Crippen molar-refractivity contribution in [3.05, 3.63) is 64.9 Å². The second-order valence-corrected chi connectivity index (χ2v) is 6.99. The SMILES string of the molecule is Cc1ccc(NC(=O)c2cc3c(-c4ccccc4F)nn(C)c3s2)nc1. The number of aromatic nitrogens is 3. The van der Waals surface area contributed by atoms with Crippen molar-refractivity contribution in [1.82, 2.24) is 14.8 Å². The highest BCUT2D eigenvalue weighted by Gasteiger charge is 2.19. The second kappa shape index (κ2) is 6.34. The van der Waals surface area contributed by atoms with Gasteiger partial charge in [-0.05, 0) is 36.8 Å². The minimum absolute atomic E-state index is 0.248. The van der Waals surface area contributed by atoms with Gasteiger partial charge in [-0.3, -0.25) is 9.48 Å². The van der Waals surface area contributed by atoms with Crippen LogP contribution in [-0.2, 0) is 7.05 Å². The molecule has 1 amide bonds. The number of rotatable bonds is 3. The number of benzene rings is 1. The van der Waals surface area contributed by atoms with Crippen LogP contribution in [0.15, 0.2) is 48.7 Å². The first kappa shape index (κ1) is 16.4. The number of anilines is 1. The summed E-state index contributed by atoms with van der Waals surface area (Å²) in [5.74, 6) is -0.0962. The number of thiophene rings is 1. The van der Waals surface area contributed by atoms with Crippen molar-refractivity contribution in [2.24, 2.45) is 7.05 Å². The van der Waals surface area contributed by atoms with Gasteiger partial charge < -0.3 is 5.32 Å². The normalized spacial score (nSPS) is 11.0. The lowest BCUT2D eigenvalue weighted by molar-refractivity contribution is 0.103. The average molecular weight is 366 g/mol. The minimum atomic E-state index is -0.339. The molecule has 26 heavy (non-hydrogen) atoms. The van der Waals surface area contributed by atoms with E-state index in [1.165, 1.54) is 17.4 Å². The van der Waals surface area contributed by atoms with Gasteiger partial charge in [-0.15, -0.1) is 11.3 Å². The summed E-state index contributed by atoms with van der Waals surface area (Å²) in [6, 6.07) is 11.9. The third kappa shape index (κ3) is 2.86. The summed E-state index contributed by atoms with van der Waals surface area (Å²) in [7, 11) is 1.78. The number of nitrogens with zero attached hydrogens (tertiary/aromatic N) is 3. The highest BCUT2D eigenvalue weighted by molar-refractivity contribution is 7.20. The maximum atomic E-state index is 14.2. The fraction of sp³-hybridized carbons (Fsp3) is 0.105. The van der Waals surface area contributed by atoms with Crippen LogP contribution in [0.25, 0.3) is 21.5 Å². The van der Waals surface area contributed by atoms with Gasteiger partial charge in [0.05, 0.1) is 4.88 Å². The zero-order valence-electron chi connectivity index (χ0n) is 14.2. The van der Waals surface area contributed by atoms with Crippen LogP contribution in [0.1, 0.15) is 15.2 Å². The maximum absolute atomic E-state index is 14.2. The number of fused-ring (bicyclic) bond motifs is 1. The van der Waals surface area contributed by atoms with Crippen molar-refractivity contribution < 1.29 is 9.18 Å². The van der Waals surface area contributed by atoms with E-state index >= 15 is 0 Å². The molecule has 5 nitrogen and oxygen atoms in total. The Kier molecular flexibility index (Phi) is 4.00. The standard InChI is InChI=1S/C19H15FN4OS/c1-11-7-8-16(21-10-11)22-18(25)15-9-13-17(23-24(2)19(13)26-15)12-5-3-4-6-14(12)20/h3-10H,1-2H3,(H,21,22,25). The highest BCUT2D eigenvalue weighted by atomic mass is 32.1. The van der Waals surface area contributed by atoms with Crippen LogP contribution >= 0.6 is 11.3 Å². The molecule has 3 aromatic heterocycles. The summed E-state index contributed by atoms with van der Waals surface area (Å²) in [5, 5.41) is 7.96. The Hall–Kier alpha value is -3.06. The molecule has 0 saturated carbocycles. The molecule has 0 aliphatic heterocycles. The summed E-state index contributed by atoms with van der Waals surface area (Å²) in [6.45, 7) is 1.93. The Bertz CT molecular complexity index is 1110. The molecule has 4 aromatic rings. The summed E-state index contributed by atoms with van der Waals surface area (Å²) in [5.41, 5.74) is 1.97. The smallest absolute Gasteiger partial charge is 0.266 e. The quantitative estimate of drug-likeness (QED) is 0.585. The zero-order chi connectivity index (χ0) is 18.3. The monoisotopic (exact) mass is 366 g/mol. The molecule has 3 heterocycles. The highest BCUT2D eigenvalue weighted by Crippen LogP contribution is 2.34. The van der Waals surface area contributed by atoms with Gasteiger partial charge in [0.1, 0.15) is 22.2 Å². The minimum Gasteiger partial charge on any atom is -0.306 e. The molecule has 0 radical (unpaired) electrons. The van der Waals surface area contributed by atoms with E-state index < -0.39 is 0 Å². The van der Waals surface area contributed by atoms with E-state index in [0.29, 0.717) is 22.0 Å². The number of hydrogen-bond donors (Lipinski definition) is 1. The number of aryl methyl sites for hydroxylation is 2. The van der Waals surface area contributed by atoms with Gasteiger partial charge in [0.15, 0.2) is 0 Å². The largest absolute Gasteiger partial charge is 0.306 e. The van der Waals surface area contributed by atoms with E-state index in [4.69, 9.17) is 0 Å². The van der Waals surface area contributed by atoms with Crippen LogP contribution in [-0.4, -0.2) is 20.7 Å². The van der Waals surface area contributed by atoms with Gasteiger partial charge in [0.25, 0.3) is 5.91 Å². The summed E-state index contributed by atoms with van der Waals surface area (Å²) < 4.78 is 15.8. The zero-order valence-corrected chi connectivity index (χ0v) is 15.0. The number of hydrogen-bond acceptors (Lipinski definition) is 4. The van der Waals surface area contributed by atoms with Gasteiger partial charge in [-0.25, -0.2) is 9.37 Å². The fourth-order valence-electron chi connectivity index (χ4n) is 2.72. The van der Waals surface area contributed by atoms with E-state index in [0.717, 1.165) is 15.8 Å². The molecular formula is C19H15FN4OS. The molecule has 0 fully saturated rings. The molecular weight excluding hydrogens is 351 g/mol. The molecule has 130 valence electrons. The summed E-state index contributed by atoms with van der Waals surface area (Å²) in [4.78, 5) is 18.1. The van der Waals surface area contributed by atoms with Crippen molar-refractivity contribution in [3.8, 4) is 11.3 Å². The molecule has 0 atom stereocenters. The Morgan fingerprint density at radius 2 is 2.04 bits per heavy atom. The number of nitrogens with one attached hydrogen (secondary N) is 1. The van der Waals surface area contributed by atoms with E-state index in [9.17, 15) is 9.18 Å². The lowest BCUT2D eigenvalue weighted by Crippen LogP contribution is -2.11. The molecule has 1 aromatic carbocycles. The van der Waals surface area contributed by atoms with E-state index in [1.807, 2.05) is 13.0 Å².